The minimum Gasteiger partial charge on any atom is -0.444 e. The Morgan fingerprint density at radius 1 is 1.09 bits per heavy atom. The molecule has 2 rings (SSSR count). The predicted octanol–water partition coefficient (Wildman–Crippen LogP) is 2.82. The number of nitrogens with one attached hydrogen (secondary N) is 2. The summed E-state index contributed by atoms with van der Waals surface area (Å²) in [5, 5.41) is 16.1. The van der Waals surface area contributed by atoms with Gasteiger partial charge in [-0.15, -0.1) is 0 Å². The monoisotopic (exact) mass is 326 g/mol. The van der Waals surface area contributed by atoms with Gasteiger partial charge in [-0.1, -0.05) is 6.42 Å². The standard InChI is InChI=1S/C18H34N2O3/c1-18(2,3)23-17(22)20-16-9-5-8-15(10-16)19-11-13-6-4-7-14(13)12-21/h13-16,19,21H,4-12H2,1-3H3,(H,20,22). The van der Waals surface area contributed by atoms with Gasteiger partial charge in [-0.2, -0.15) is 0 Å². The van der Waals surface area contributed by atoms with E-state index in [1.807, 2.05) is 20.8 Å². The highest BCUT2D eigenvalue weighted by Crippen LogP contribution is 2.31. The molecule has 2 aliphatic rings. The van der Waals surface area contributed by atoms with Crippen LogP contribution in [0.4, 0.5) is 4.79 Å². The summed E-state index contributed by atoms with van der Waals surface area (Å²) in [6.07, 6.45) is 7.62. The summed E-state index contributed by atoms with van der Waals surface area (Å²) in [5.41, 5.74) is -0.446. The third-order valence-electron chi connectivity index (χ3n) is 5.11. The Labute approximate surface area is 140 Å². The highest BCUT2D eigenvalue weighted by atomic mass is 16.6. The van der Waals surface area contributed by atoms with Gasteiger partial charge >= 0.3 is 6.09 Å². The molecule has 4 atom stereocenters. The van der Waals surface area contributed by atoms with Gasteiger partial charge in [0.05, 0.1) is 0 Å². The minimum atomic E-state index is -0.446. The SMILES string of the molecule is CC(C)(C)OC(=O)NC1CCCC(NCC2CCCC2CO)C1. The van der Waals surface area contributed by atoms with E-state index in [-0.39, 0.29) is 12.1 Å². The van der Waals surface area contributed by atoms with Crippen LogP contribution in [0.25, 0.3) is 0 Å². The van der Waals surface area contributed by atoms with E-state index in [0.717, 1.165) is 32.2 Å². The second-order valence-electron chi connectivity index (χ2n) is 8.25. The summed E-state index contributed by atoms with van der Waals surface area (Å²) in [6, 6.07) is 0.664. The molecule has 0 saturated heterocycles. The smallest absolute Gasteiger partial charge is 0.407 e. The van der Waals surface area contributed by atoms with Gasteiger partial charge in [-0.25, -0.2) is 4.79 Å². The van der Waals surface area contributed by atoms with E-state index in [1.165, 1.54) is 19.3 Å². The normalized spacial score (nSPS) is 31.8. The predicted molar refractivity (Wildman–Crippen MR) is 91.3 cm³/mol. The molecular weight excluding hydrogens is 292 g/mol. The molecule has 0 heterocycles. The third-order valence-corrected chi connectivity index (χ3v) is 5.11. The third kappa shape index (κ3) is 6.30. The summed E-state index contributed by atoms with van der Waals surface area (Å²) in [5.74, 6) is 1.08. The van der Waals surface area contributed by atoms with Crippen LogP contribution in [-0.4, -0.2) is 42.0 Å². The lowest BCUT2D eigenvalue weighted by Gasteiger charge is -2.32. The molecule has 0 aromatic carbocycles. The molecule has 2 fully saturated rings. The molecule has 1 amide bonds. The summed E-state index contributed by atoms with van der Waals surface area (Å²) in [4.78, 5) is 11.9. The maximum atomic E-state index is 11.9. The minimum absolute atomic E-state index is 0.202. The molecule has 0 radical (unpaired) electrons. The number of hydrogen-bond donors (Lipinski definition) is 3. The Kier molecular flexibility index (Phi) is 6.72. The number of amides is 1. The molecular formula is C18H34N2O3. The van der Waals surface area contributed by atoms with Crippen molar-refractivity contribution in [3.8, 4) is 0 Å². The van der Waals surface area contributed by atoms with Crippen molar-refractivity contribution in [2.75, 3.05) is 13.2 Å². The van der Waals surface area contributed by atoms with Gasteiger partial charge in [0.15, 0.2) is 0 Å². The number of aliphatic hydroxyl groups is 1. The molecule has 0 aromatic heterocycles. The zero-order chi connectivity index (χ0) is 16.9. The van der Waals surface area contributed by atoms with E-state index < -0.39 is 5.60 Å². The molecule has 0 aliphatic heterocycles. The molecule has 5 nitrogen and oxygen atoms in total. The Bertz CT molecular complexity index is 381. The molecule has 0 spiro atoms. The number of hydrogen-bond acceptors (Lipinski definition) is 4. The Balaban J connectivity index is 1.72. The van der Waals surface area contributed by atoms with Gasteiger partial charge in [-0.05, 0) is 77.7 Å². The van der Waals surface area contributed by atoms with Crippen LogP contribution in [0, 0.1) is 11.8 Å². The summed E-state index contributed by atoms with van der Waals surface area (Å²) >= 11 is 0. The maximum absolute atomic E-state index is 11.9. The van der Waals surface area contributed by atoms with Gasteiger partial charge in [0, 0.05) is 18.7 Å². The highest BCUT2D eigenvalue weighted by Gasteiger charge is 2.29. The number of alkyl carbamates (subject to hydrolysis) is 1. The van der Waals surface area contributed by atoms with Crippen LogP contribution >= 0.6 is 0 Å². The van der Waals surface area contributed by atoms with Crippen LogP contribution in [0.1, 0.15) is 65.7 Å². The average Bonchev–Trinajstić information content (AvgIpc) is 2.90. The summed E-state index contributed by atoms with van der Waals surface area (Å²) in [6.45, 7) is 6.97. The quantitative estimate of drug-likeness (QED) is 0.726. The van der Waals surface area contributed by atoms with Crippen molar-refractivity contribution in [2.45, 2.75) is 83.4 Å². The fourth-order valence-corrected chi connectivity index (χ4v) is 3.92. The van der Waals surface area contributed by atoms with Crippen LogP contribution in [0.15, 0.2) is 0 Å². The first kappa shape index (κ1) is 18.5. The van der Waals surface area contributed by atoms with Crippen LogP contribution in [0.3, 0.4) is 0 Å². The molecule has 4 unspecified atom stereocenters. The van der Waals surface area contributed by atoms with Crippen molar-refractivity contribution in [3.63, 3.8) is 0 Å². The van der Waals surface area contributed by atoms with Crippen LogP contribution in [0.2, 0.25) is 0 Å². The second kappa shape index (κ2) is 8.34. The maximum Gasteiger partial charge on any atom is 0.407 e. The van der Waals surface area contributed by atoms with E-state index in [0.29, 0.717) is 24.5 Å². The average molecular weight is 326 g/mol. The zero-order valence-electron chi connectivity index (χ0n) is 14.9. The van der Waals surface area contributed by atoms with Crippen molar-refractivity contribution in [2.24, 2.45) is 11.8 Å². The van der Waals surface area contributed by atoms with Crippen molar-refractivity contribution >= 4 is 6.09 Å². The lowest BCUT2D eigenvalue weighted by molar-refractivity contribution is 0.0488. The fraction of sp³-hybridized carbons (Fsp3) is 0.944. The number of rotatable bonds is 5. The van der Waals surface area contributed by atoms with E-state index >= 15 is 0 Å². The van der Waals surface area contributed by atoms with E-state index in [1.54, 1.807) is 0 Å². The Morgan fingerprint density at radius 2 is 1.74 bits per heavy atom. The van der Waals surface area contributed by atoms with Crippen molar-refractivity contribution in [1.82, 2.24) is 10.6 Å². The van der Waals surface area contributed by atoms with Crippen molar-refractivity contribution in [1.29, 1.82) is 0 Å². The van der Waals surface area contributed by atoms with E-state index in [2.05, 4.69) is 10.6 Å². The molecule has 134 valence electrons. The molecule has 2 aliphatic carbocycles. The highest BCUT2D eigenvalue weighted by molar-refractivity contribution is 5.68. The molecule has 2 saturated carbocycles. The van der Waals surface area contributed by atoms with E-state index in [4.69, 9.17) is 4.74 Å². The second-order valence-corrected chi connectivity index (χ2v) is 8.25. The number of ether oxygens (including phenoxy) is 1. The summed E-state index contributed by atoms with van der Waals surface area (Å²) in [7, 11) is 0. The topological polar surface area (TPSA) is 70.6 Å². The lowest BCUT2D eigenvalue weighted by Crippen LogP contribution is -2.46. The fourth-order valence-electron chi connectivity index (χ4n) is 3.92. The molecule has 0 aromatic rings. The van der Waals surface area contributed by atoms with Crippen molar-refractivity contribution < 1.29 is 14.6 Å². The summed E-state index contributed by atoms with van der Waals surface area (Å²) < 4.78 is 5.35. The van der Waals surface area contributed by atoms with Crippen LogP contribution in [0.5, 0.6) is 0 Å². The van der Waals surface area contributed by atoms with Gasteiger partial charge in [0.25, 0.3) is 0 Å². The molecule has 3 N–H and O–H groups in total. The van der Waals surface area contributed by atoms with Gasteiger partial charge in [-0.3, -0.25) is 0 Å². The van der Waals surface area contributed by atoms with Gasteiger partial charge in [0.2, 0.25) is 0 Å². The van der Waals surface area contributed by atoms with Gasteiger partial charge in [0.1, 0.15) is 5.60 Å². The van der Waals surface area contributed by atoms with Crippen molar-refractivity contribution in [3.05, 3.63) is 0 Å². The number of aliphatic hydroxyl groups excluding tert-OH is 1. The van der Waals surface area contributed by atoms with E-state index in [9.17, 15) is 9.90 Å². The number of carbonyl (C=O) groups excluding carboxylic acids is 1. The zero-order valence-corrected chi connectivity index (χ0v) is 14.9. The first-order chi connectivity index (χ1) is 10.9. The van der Waals surface area contributed by atoms with Gasteiger partial charge < -0.3 is 20.5 Å². The first-order valence-electron chi connectivity index (χ1n) is 9.21. The molecule has 0 bridgehead atoms. The molecule has 5 heteroatoms. The van der Waals surface area contributed by atoms with Crippen LogP contribution in [-0.2, 0) is 4.74 Å². The Hall–Kier alpha value is -0.810. The molecule has 23 heavy (non-hydrogen) atoms. The first-order valence-corrected chi connectivity index (χ1v) is 9.21. The lowest BCUT2D eigenvalue weighted by atomic mass is 9.90. The largest absolute Gasteiger partial charge is 0.444 e. The number of carbonyl (C=O) groups is 1. The van der Waals surface area contributed by atoms with Crippen LogP contribution < -0.4 is 10.6 Å². The Morgan fingerprint density at radius 3 is 2.43 bits per heavy atom.